The largest absolute Gasteiger partial charge is 0.421 e. The Hall–Kier alpha value is -3.94. The molecule has 2 aliphatic rings. The van der Waals surface area contributed by atoms with Gasteiger partial charge < -0.3 is 25.8 Å². The minimum absolute atomic E-state index is 0.0867. The highest BCUT2D eigenvalue weighted by Gasteiger charge is 2.40. The normalized spacial score (nSPS) is 19.7. The molecule has 3 N–H and O–H groups in total. The first-order valence-electron chi connectivity index (χ1n) is 13.9. The number of likely N-dealkylation sites (tertiary alicyclic amines) is 1. The van der Waals surface area contributed by atoms with Crippen LogP contribution >= 0.6 is 0 Å². The number of aromatic nitrogens is 2. The number of rotatable bonds is 7. The zero-order chi connectivity index (χ0) is 30.6. The molecule has 1 aliphatic heterocycles. The summed E-state index contributed by atoms with van der Waals surface area (Å²) in [6, 6.07) is 5.50. The molecule has 2 fully saturated rings. The van der Waals surface area contributed by atoms with Crippen LogP contribution in [0.1, 0.15) is 48.0 Å². The van der Waals surface area contributed by atoms with Crippen molar-refractivity contribution in [1.29, 1.82) is 0 Å². The van der Waals surface area contributed by atoms with E-state index in [-0.39, 0.29) is 17.9 Å². The molecule has 1 saturated heterocycles. The Morgan fingerprint density at radius 1 is 1.02 bits per heavy atom. The van der Waals surface area contributed by atoms with Gasteiger partial charge in [-0.05, 0) is 70.1 Å². The number of hydrogen-bond donors (Lipinski definition) is 3. The Morgan fingerprint density at radius 2 is 1.69 bits per heavy atom. The Kier molecular flexibility index (Phi) is 9.54. The number of halogens is 3. The van der Waals surface area contributed by atoms with Crippen LogP contribution in [0.4, 0.5) is 35.4 Å². The number of urea groups is 1. The topological polar surface area (TPSA) is 123 Å². The van der Waals surface area contributed by atoms with E-state index in [1.165, 1.54) is 14.1 Å². The van der Waals surface area contributed by atoms with Gasteiger partial charge in [-0.1, -0.05) is 6.42 Å². The van der Waals surface area contributed by atoms with Crippen LogP contribution < -0.4 is 16.0 Å². The maximum Gasteiger partial charge on any atom is 0.421 e. The van der Waals surface area contributed by atoms with E-state index in [2.05, 4.69) is 37.9 Å². The van der Waals surface area contributed by atoms with Gasteiger partial charge in [0.05, 0.1) is 5.92 Å². The molecule has 14 heteroatoms. The fourth-order valence-electron chi connectivity index (χ4n) is 5.46. The van der Waals surface area contributed by atoms with Crippen LogP contribution in [0, 0.1) is 5.92 Å². The molecule has 2 aromatic rings. The number of carbonyl (C=O) groups is 3. The van der Waals surface area contributed by atoms with Crippen molar-refractivity contribution in [3.8, 4) is 0 Å². The summed E-state index contributed by atoms with van der Waals surface area (Å²) in [5, 5.41) is 8.08. The maximum atomic E-state index is 13.8. The van der Waals surface area contributed by atoms with E-state index in [1.54, 1.807) is 36.2 Å². The number of imide groups is 1. The van der Waals surface area contributed by atoms with Crippen molar-refractivity contribution >= 4 is 35.3 Å². The number of alkyl halides is 3. The molecule has 0 unspecified atom stereocenters. The van der Waals surface area contributed by atoms with Crippen LogP contribution in [0.5, 0.6) is 0 Å². The summed E-state index contributed by atoms with van der Waals surface area (Å²) < 4.78 is 41.5. The molecule has 0 bridgehead atoms. The number of anilines is 3. The van der Waals surface area contributed by atoms with Crippen LogP contribution in [0.3, 0.4) is 0 Å². The lowest BCUT2D eigenvalue weighted by Crippen LogP contribution is -2.45. The molecule has 1 aliphatic carbocycles. The summed E-state index contributed by atoms with van der Waals surface area (Å²) in [6.07, 6.45) is -0.780. The summed E-state index contributed by atoms with van der Waals surface area (Å²) in [5.74, 6) is -1.83. The quantitative estimate of drug-likeness (QED) is 0.446. The molecule has 1 aromatic carbocycles. The highest BCUT2D eigenvalue weighted by molar-refractivity contribution is 5.96. The first-order valence-corrected chi connectivity index (χ1v) is 13.9. The molecule has 2 atom stereocenters. The number of piperidine rings is 1. The molecule has 0 radical (unpaired) electrons. The van der Waals surface area contributed by atoms with Gasteiger partial charge in [0.1, 0.15) is 11.4 Å². The zero-order valence-corrected chi connectivity index (χ0v) is 24.2. The minimum Gasteiger partial charge on any atom is -0.366 e. The van der Waals surface area contributed by atoms with E-state index in [0.29, 0.717) is 36.7 Å². The van der Waals surface area contributed by atoms with Crippen LogP contribution in [0.15, 0.2) is 30.5 Å². The summed E-state index contributed by atoms with van der Waals surface area (Å²) >= 11 is 0. The Morgan fingerprint density at radius 3 is 2.31 bits per heavy atom. The molecular weight excluding hydrogens is 553 g/mol. The fourth-order valence-corrected chi connectivity index (χ4v) is 5.46. The summed E-state index contributed by atoms with van der Waals surface area (Å²) in [7, 11) is 6.58. The Labute approximate surface area is 242 Å². The average molecular weight is 591 g/mol. The highest BCUT2D eigenvalue weighted by atomic mass is 19.4. The lowest BCUT2D eigenvalue weighted by Gasteiger charge is -2.35. The lowest BCUT2D eigenvalue weighted by molar-refractivity contribution is -0.137. The predicted molar refractivity (Wildman–Crippen MR) is 151 cm³/mol. The standard InChI is InChI=1S/C28H37F3N8O3/c1-32-27(42)39(4)25(41)20-6-5-7-22(20)35-23-21(28(29,30)31)16-33-26(36-23)34-18-10-8-17(9-11-18)24(40)38(3)19-12-14-37(2)15-13-19/h8-11,16,19-20,22H,5-7,12-15H2,1-4H3,(H,32,42)(H2,33,34,35,36)/t20-,22+/m0/s1. The molecule has 2 heterocycles. The number of amides is 4. The van der Waals surface area contributed by atoms with Crippen LogP contribution in [-0.4, -0.2) is 95.9 Å². The summed E-state index contributed by atoms with van der Waals surface area (Å²) in [6.45, 7) is 1.86. The van der Waals surface area contributed by atoms with Crippen molar-refractivity contribution in [3.05, 3.63) is 41.6 Å². The third kappa shape index (κ3) is 7.09. The van der Waals surface area contributed by atoms with Gasteiger partial charge in [-0.15, -0.1) is 0 Å². The number of carbonyl (C=O) groups excluding carboxylic acids is 3. The molecule has 1 aromatic heterocycles. The molecule has 1 saturated carbocycles. The van der Waals surface area contributed by atoms with Gasteiger partial charge in [0.2, 0.25) is 11.9 Å². The van der Waals surface area contributed by atoms with Gasteiger partial charge in [0.15, 0.2) is 0 Å². The molecule has 11 nitrogen and oxygen atoms in total. The number of hydrogen-bond acceptors (Lipinski definition) is 8. The number of nitrogens with one attached hydrogen (secondary N) is 3. The van der Waals surface area contributed by atoms with Gasteiger partial charge in [0, 0.05) is 50.7 Å². The second-order valence-electron chi connectivity index (χ2n) is 10.8. The van der Waals surface area contributed by atoms with E-state index in [9.17, 15) is 27.6 Å². The van der Waals surface area contributed by atoms with Gasteiger partial charge >= 0.3 is 12.2 Å². The number of nitrogens with zero attached hydrogens (tertiary/aromatic N) is 5. The van der Waals surface area contributed by atoms with Crippen molar-refractivity contribution < 1.29 is 27.6 Å². The third-order valence-corrected chi connectivity index (χ3v) is 8.04. The monoisotopic (exact) mass is 590 g/mol. The van der Waals surface area contributed by atoms with Gasteiger partial charge in [0.25, 0.3) is 5.91 Å². The molecule has 0 spiro atoms. The van der Waals surface area contributed by atoms with Crippen LogP contribution in [0.2, 0.25) is 0 Å². The molecule has 4 amide bonds. The second kappa shape index (κ2) is 12.9. The van der Waals surface area contributed by atoms with E-state index in [4.69, 9.17) is 0 Å². The average Bonchev–Trinajstić information content (AvgIpc) is 3.43. The maximum absolute atomic E-state index is 13.8. The van der Waals surface area contributed by atoms with Crippen molar-refractivity contribution in [1.82, 2.24) is 30.0 Å². The van der Waals surface area contributed by atoms with Crippen molar-refractivity contribution in [2.75, 3.05) is 51.9 Å². The second-order valence-corrected chi connectivity index (χ2v) is 10.8. The Balaban J connectivity index is 1.48. The first kappa shape index (κ1) is 31.0. The van der Waals surface area contributed by atoms with E-state index >= 15 is 0 Å². The van der Waals surface area contributed by atoms with Gasteiger partial charge in [-0.25, -0.2) is 9.78 Å². The van der Waals surface area contributed by atoms with E-state index in [1.807, 2.05) is 0 Å². The molecular formula is C28H37F3N8O3. The van der Waals surface area contributed by atoms with Crippen LogP contribution in [0.25, 0.3) is 0 Å². The van der Waals surface area contributed by atoms with Gasteiger partial charge in [-0.2, -0.15) is 18.2 Å². The fraction of sp³-hybridized carbons (Fsp3) is 0.536. The minimum atomic E-state index is -4.74. The first-order chi connectivity index (χ1) is 19.9. The van der Waals surface area contributed by atoms with Crippen molar-refractivity contribution in [2.24, 2.45) is 5.92 Å². The number of benzene rings is 1. The lowest BCUT2D eigenvalue weighted by atomic mass is 10.0. The summed E-state index contributed by atoms with van der Waals surface area (Å²) in [5.41, 5.74) is -0.0830. The smallest absolute Gasteiger partial charge is 0.366 e. The SMILES string of the molecule is CNC(=O)N(C)C(=O)[C@H]1CCC[C@H]1Nc1nc(Nc2ccc(C(=O)N(C)C3CCN(C)CC3)cc2)ncc1C(F)(F)F. The highest BCUT2D eigenvalue weighted by Crippen LogP contribution is 2.37. The van der Waals surface area contributed by atoms with E-state index < -0.39 is 41.5 Å². The van der Waals surface area contributed by atoms with E-state index in [0.717, 1.165) is 30.8 Å². The van der Waals surface area contributed by atoms with Crippen molar-refractivity contribution in [3.63, 3.8) is 0 Å². The summed E-state index contributed by atoms with van der Waals surface area (Å²) in [4.78, 5) is 50.7. The third-order valence-electron chi connectivity index (χ3n) is 8.04. The predicted octanol–water partition coefficient (Wildman–Crippen LogP) is 3.78. The van der Waals surface area contributed by atoms with Crippen LogP contribution in [-0.2, 0) is 11.0 Å². The zero-order valence-electron chi connectivity index (χ0n) is 24.2. The molecule has 42 heavy (non-hydrogen) atoms. The Bertz CT molecular complexity index is 1280. The molecule has 4 rings (SSSR count). The van der Waals surface area contributed by atoms with Crippen molar-refractivity contribution in [2.45, 2.75) is 50.4 Å². The van der Waals surface area contributed by atoms with Gasteiger partial charge in [-0.3, -0.25) is 14.5 Å². The molecule has 228 valence electrons.